The first-order chi connectivity index (χ1) is 11.0. The van der Waals surface area contributed by atoms with E-state index in [1.807, 2.05) is 17.2 Å². The molecule has 0 aliphatic carbocycles. The minimum absolute atomic E-state index is 0.0977. The topological polar surface area (TPSA) is 62.7 Å². The van der Waals surface area contributed by atoms with Gasteiger partial charge in [-0.3, -0.25) is 4.79 Å². The predicted molar refractivity (Wildman–Crippen MR) is 89.4 cm³/mol. The molecule has 5 nitrogen and oxygen atoms in total. The first kappa shape index (κ1) is 16.9. The normalized spacial score (nSPS) is 29.7. The summed E-state index contributed by atoms with van der Waals surface area (Å²) in [4.78, 5) is 18.8. The molecule has 2 saturated heterocycles. The van der Waals surface area contributed by atoms with Gasteiger partial charge in [0.25, 0.3) is 0 Å². The fraction of sp³-hybridized carbons (Fsp3) is 0.765. The Bertz CT molecular complexity index is 556. The van der Waals surface area contributed by atoms with E-state index in [9.17, 15) is 9.90 Å². The molecular weight excluding hydrogens is 312 g/mol. The molecule has 0 saturated carbocycles. The second-order valence-corrected chi connectivity index (χ2v) is 7.97. The fourth-order valence-electron chi connectivity index (χ4n) is 3.93. The highest BCUT2D eigenvalue weighted by molar-refractivity contribution is 7.09. The lowest BCUT2D eigenvalue weighted by molar-refractivity contribution is -0.150. The molecule has 128 valence electrons. The van der Waals surface area contributed by atoms with Crippen LogP contribution in [0.1, 0.15) is 36.9 Å². The number of amides is 1. The summed E-state index contributed by atoms with van der Waals surface area (Å²) in [7, 11) is 0. The number of piperidine rings is 1. The number of hydrogen-bond acceptors (Lipinski definition) is 5. The average molecular weight is 338 g/mol. The summed E-state index contributed by atoms with van der Waals surface area (Å²) in [5, 5.41) is 14.1. The Balaban J connectivity index is 1.60. The van der Waals surface area contributed by atoms with Crippen LogP contribution in [-0.2, 0) is 16.0 Å². The first-order valence-electron chi connectivity index (χ1n) is 8.48. The number of nitrogens with zero attached hydrogens (tertiary/aromatic N) is 2. The molecule has 0 unspecified atom stereocenters. The third kappa shape index (κ3) is 3.59. The molecule has 6 heteroatoms. The van der Waals surface area contributed by atoms with Gasteiger partial charge in [-0.1, -0.05) is 6.92 Å². The number of likely N-dealkylation sites (tertiary alicyclic amines) is 1. The van der Waals surface area contributed by atoms with Gasteiger partial charge in [-0.05, 0) is 32.1 Å². The number of ether oxygens (including phenoxy) is 1. The van der Waals surface area contributed by atoms with Gasteiger partial charge >= 0.3 is 0 Å². The van der Waals surface area contributed by atoms with E-state index in [1.165, 1.54) is 0 Å². The minimum Gasteiger partial charge on any atom is -0.389 e. The summed E-state index contributed by atoms with van der Waals surface area (Å²) in [6.07, 6.45) is 2.88. The Morgan fingerprint density at radius 2 is 2.26 bits per heavy atom. The summed E-state index contributed by atoms with van der Waals surface area (Å²) in [5.74, 6) is 0.515. The van der Waals surface area contributed by atoms with Crippen molar-refractivity contribution >= 4 is 17.2 Å². The van der Waals surface area contributed by atoms with Crippen molar-refractivity contribution in [2.75, 3.05) is 26.3 Å². The molecule has 3 rings (SSSR count). The highest BCUT2D eigenvalue weighted by Gasteiger charge is 2.45. The van der Waals surface area contributed by atoms with Crippen molar-refractivity contribution < 1.29 is 14.6 Å². The van der Waals surface area contributed by atoms with E-state index in [4.69, 9.17) is 4.74 Å². The molecule has 2 fully saturated rings. The summed E-state index contributed by atoms with van der Waals surface area (Å²) < 4.78 is 5.42. The second-order valence-electron chi connectivity index (χ2n) is 6.90. The molecule has 2 aliphatic rings. The molecule has 0 bridgehead atoms. The molecule has 0 radical (unpaired) electrons. The monoisotopic (exact) mass is 338 g/mol. The lowest BCUT2D eigenvalue weighted by Gasteiger charge is -2.48. The van der Waals surface area contributed by atoms with Gasteiger partial charge in [0.05, 0.1) is 22.7 Å². The van der Waals surface area contributed by atoms with Crippen LogP contribution in [0.5, 0.6) is 0 Å². The summed E-state index contributed by atoms with van der Waals surface area (Å²) >= 11 is 1.58. The van der Waals surface area contributed by atoms with Gasteiger partial charge < -0.3 is 14.7 Å². The number of hydrogen-bond donors (Lipinski definition) is 1. The van der Waals surface area contributed by atoms with Gasteiger partial charge in [-0.2, -0.15) is 0 Å². The molecule has 2 aliphatic heterocycles. The van der Waals surface area contributed by atoms with Gasteiger partial charge in [0.15, 0.2) is 0 Å². The van der Waals surface area contributed by atoms with Crippen LogP contribution in [0.25, 0.3) is 0 Å². The maximum Gasteiger partial charge on any atom is 0.228 e. The van der Waals surface area contributed by atoms with Crippen molar-refractivity contribution in [2.45, 2.75) is 45.1 Å². The number of aliphatic hydroxyl groups is 1. The van der Waals surface area contributed by atoms with Crippen molar-refractivity contribution in [2.24, 2.45) is 11.8 Å². The van der Waals surface area contributed by atoms with Crippen molar-refractivity contribution in [3.63, 3.8) is 0 Å². The van der Waals surface area contributed by atoms with Crippen LogP contribution in [0.2, 0.25) is 0 Å². The highest BCUT2D eigenvalue weighted by Crippen LogP contribution is 2.39. The maximum absolute atomic E-state index is 12.5. The van der Waals surface area contributed by atoms with Gasteiger partial charge in [0, 0.05) is 37.6 Å². The summed E-state index contributed by atoms with van der Waals surface area (Å²) in [5.41, 5.74) is 0.202. The lowest BCUT2D eigenvalue weighted by atomic mass is 9.70. The average Bonchev–Trinajstić information content (AvgIpc) is 2.96. The molecule has 1 aromatic rings. The SMILES string of the molecule is Cc1nc(CC(=O)N2CC[C@@](O)(C3CCOCC3)[C@H](C)C2)cs1. The Hall–Kier alpha value is -0.980. The zero-order valence-electron chi connectivity index (χ0n) is 14.0. The summed E-state index contributed by atoms with van der Waals surface area (Å²) in [6, 6.07) is 0. The first-order valence-corrected chi connectivity index (χ1v) is 9.36. The van der Waals surface area contributed by atoms with Crippen molar-refractivity contribution in [1.82, 2.24) is 9.88 Å². The summed E-state index contributed by atoms with van der Waals surface area (Å²) in [6.45, 7) is 6.78. The van der Waals surface area contributed by atoms with Gasteiger partial charge in [0.2, 0.25) is 5.91 Å². The standard InChI is InChI=1S/C17H26N2O3S/c1-12-10-19(16(20)9-15-11-23-13(2)18-15)6-5-17(12,21)14-3-7-22-8-4-14/h11-12,14,21H,3-10H2,1-2H3/t12-,17+/m1/s1. The lowest BCUT2D eigenvalue weighted by Crippen LogP contribution is -2.57. The van der Waals surface area contributed by atoms with Crippen molar-refractivity contribution in [3.8, 4) is 0 Å². The van der Waals surface area contributed by atoms with E-state index in [-0.39, 0.29) is 11.8 Å². The number of aromatic nitrogens is 1. The predicted octanol–water partition coefficient (Wildman–Crippen LogP) is 2.02. The number of rotatable bonds is 3. The molecule has 1 amide bonds. The minimum atomic E-state index is -0.655. The molecule has 3 heterocycles. The fourth-order valence-corrected chi connectivity index (χ4v) is 4.54. The van der Waals surface area contributed by atoms with Crippen LogP contribution in [0, 0.1) is 18.8 Å². The van der Waals surface area contributed by atoms with Crippen LogP contribution in [0.3, 0.4) is 0 Å². The number of thiazole rings is 1. The Morgan fingerprint density at radius 1 is 1.52 bits per heavy atom. The molecule has 0 aromatic carbocycles. The van der Waals surface area contributed by atoms with E-state index in [2.05, 4.69) is 11.9 Å². The Kier molecular flexibility index (Phi) is 5.04. The van der Waals surface area contributed by atoms with Crippen LogP contribution >= 0.6 is 11.3 Å². The quantitative estimate of drug-likeness (QED) is 0.916. The Labute approximate surface area is 141 Å². The number of carbonyl (C=O) groups is 1. The third-order valence-corrected chi connectivity index (χ3v) is 6.23. The van der Waals surface area contributed by atoms with Crippen molar-refractivity contribution in [1.29, 1.82) is 0 Å². The zero-order chi connectivity index (χ0) is 16.4. The van der Waals surface area contributed by atoms with Gasteiger partial charge in [-0.15, -0.1) is 11.3 Å². The van der Waals surface area contributed by atoms with E-state index < -0.39 is 5.60 Å². The zero-order valence-corrected chi connectivity index (χ0v) is 14.8. The molecule has 0 spiro atoms. The van der Waals surface area contributed by atoms with E-state index in [0.717, 1.165) is 36.8 Å². The van der Waals surface area contributed by atoms with Gasteiger partial charge in [0.1, 0.15) is 0 Å². The van der Waals surface area contributed by atoms with Gasteiger partial charge in [-0.25, -0.2) is 4.98 Å². The third-order valence-electron chi connectivity index (χ3n) is 5.41. The van der Waals surface area contributed by atoms with E-state index >= 15 is 0 Å². The van der Waals surface area contributed by atoms with Crippen LogP contribution in [0.4, 0.5) is 0 Å². The molecule has 2 atom stereocenters. The van der Waals surface area contributed by atoms with Crippen LogP contribution in [-0.4, -0.2) is 52.8 Å². The molecular formula is C17H26N2O3S. The highest BCUT2D eigenvalue weighted by atomic mass is 32.1. The van der Waals surface area contributed by atoms with E-state index in [1.54, 1.807) is 11.3 Å². The van der Waals surface area contributed by atoms with Crippen LogP contribution in [0.15, 0.2) is 5.38 Å². The molecule has 1 aromatic heterocycles. The second kappa shape index (κ2) is 6.87. The Morgan fingerprint density at radius 3 is 2.87 bits per heavy atom. The molecule has 23 heavy (non-hydrogen) atoms. The van der Waals surface area contributed by atoms with Crippen LogP contribution < -0.4 is 0 Å². The molecule has 1 N–H and O–H groups in total. The van der Waals surface area contributed by atoms with E-state index in [0.29, 0.717) is 31.8 Å². The van der Waals surface area contributed by atoms with Crippen molar-refractivity contribution in [3.05, 3.63) is 16.1 Å². The smallest absolute Gasteiger partial charge is 0.228 e. The maximum atomic E-state index is 12.5. The number of carbonyl (C=O) groups excluding carboxylic acids is 1. The number of aryl methyl sites for hydroxylation is 1. The largest absolute Gasteiger partial charge is 0.389 e.